The first-order valence-corrected chi connectivity index (χ1v) is 2.50. The SMILES string of the molecule is C#N.C1=CC=CNC=C1. The number of hydrogen-bond donors (Lipinski definition) is 1. The normalized spacial score (nSPS) is 12.7. The molecule has 9 heavy (non-hydrogen) atoms. The lowest BCUT2D eigenvalue weighted by Crippen LogP contribution is -1.87. The van der Waals surface area contributed by atoms with Gasteiger partial charge in [-0.05, 0) is 12.2 Å². The minimum absolute atomic E-state index is 1.88. The van der Waals surface area contributed by atoms with E-state index in [1.807, 2.05) is 36.7 Å². The van der Waals surface area contributed by atoms with Crippen molar-refractivity contribution in [2.75, 3.05) is 0 Å². The third kappa shape index (κ3) is 4.36. The Hall–Kier alpha value is -1.49. The van der Waals surface area contributed by atoms with Gasteiger partial charge in [0.05, 0.1) is 0 Å². The molecule has 1 aliphatic heterocycles. The lowest BCUT2D eigenvalue weighted by molar-refractivity contribution is 1.20. The molecule has 2 heteroatoms. The summed E-state index contributed by atoms with van der Waals surface area (Å²) in [5.41, 5.74) is 0. The van der Waals surface area contributed by atoms with Gasteiger partial charge < -0.3 is 5.32 Å². The number of nitriles is 1. The van der Waals surface area contributed by atoms with E-state index in [-0.39, 0.29) is 0 Å². The van der Waals surface area contributed by atoms with E-state index < -0.39 is 0 Å². The summed E-state index contributed by atoms with van der Waals surface area (Å²) in [5.74, 6) is 0. The molecule has 1 heterocycles. The quantitative estimate of drug-likeness (QED) is 0.523. The maximum Gasteiger partial charge on any atom is 0.0462 e. The smallest absolute Gasteiger partial charge is 0.0462 e. The molecule has 2 nitrogen and oxygen atoms in total. The number of allylic oxidation sites excluding steroid dienone is 4. The summed E-state index contributed by atoms with van der Waals surface area (Å²) < 4.78 is 0. The van der Waals surface area contributed by atoms with Crippen molar-refractivity contribution in [3.8, 4) is 6.57 Å². The molecule has 0 aromatic carbocycles. The van der Waals surface area contributed by atoms with Gasteiger partial charge in [-0.2, -0.15) is 0 Å². The van der Waals surface area contributed by atoms with Crippen LogP contribution in [-0.2, 0) is 0 Å². The van der Waals surface area contributed by atoms with Gasteiger partial charge in [0.25, 0.3) is 0 Å². The molecule has 0 bridgehead atoms. The summed E-state index contributed by atoms with van der Waals surface area (Å²) in [4.78, 5) is 0. The molecule has 0 saturated heterocycles. The number of nitrogens with zero attached hydrogens (tertiary/aromatic N) is 1. The van der Waals surface area contributed by atoms with E-state index in [2.05, 4.69) is 11.9 Å². The van der Waals surface area contributed by atoms with E-state index in [4.69, 9.17) is 5.26 Å². The monoisotopic (exact) mass is 120 g/mol. The van der Waals surface area contributed by atoms with Gasteiger partial charge in [0.15, 0.2) is 0 Å². The summed E-state index contributed by atoms with van der Waals surface area (Å²) in [6.07, 6.45) is 11.6. The molecule has 0 amide bonds. The second-order valence-corrected chi connectivity index (χ2v) is 1.27. The molecule has 0 saturated carbocycles. The first-order valence-electron chi connectivity index (χ1n) is 2.50. The summed E-state index contributed by atoms with van der Waals surface area (Å²) in [5, 5.41) is 9.42. The van der Waals surface area contributed by atoms with Crippen LogP contribution in [0, 0.1) is 11.8 Å². The van der Waals surface area contributed by atoms with Crippen molar-refractivity contribution in [1.29, 1.82) is 5.26 Å². The van der Waals surface area contributed by atoms with E-state index in [0.717, 1.165) is 0 Å². The van der Waals surface area contributed by atoms with Crippen LogP contribution in [0.1, 0.15) is 0 Å². The van der Waals surface area contributed by atoms with Crippen LogP contribution >= 0.6 is 0 Å². The van der Waals surface area contributed by atoms with Gasteiger partial charge in [0.1, 0.15) is 0 Å². The second-order valence-electron chi connectivity index (χ2n) is 1.27. The second kappa shape index (κ2) is 6.51. The predicted octanol–water partition coefficient (Wildman–Crippen LogP) is 1.31. The molecular weight excluding hydrogens is 112 g/mol. The van der Waals surface area contributed by atoms with Gasteiger partial charge in [-0.3, -0.25) is 0 Å². The van der Waals surface area contributed by atoms with Gasteiger partial charge >= 0.3 is 0 Å². The maximum absolute atomic E-state index is 6.50. The third-order valence-corrected chi connectivity index (χ3v) is 0.718. The molecule has 0 radical (unpaired) electrons. The van der Waals surface area contributed by atoms with E-state index in [0.29, 0.717) is 0 Å². The molecule has 1 aliphatic rings. The topological polar surface area (TPSA) is 35.8 Å². The Kier molecular flexibility index (Phi) is 5.43. The highest BCUT2D eigenvalue weighted by Gasteiger charge is 1.67. The number of hydrogen-bond acceptors (Lipinski definition) is 2. The molecular formula is C7H8N2. The van der Waals surface area contributed by atoms with Gasteiger partial charge in [0, 0.05) is 19.0 Å². The zero-order valence-corrected chi connectivity index (χ0v) is 4.99. The largest absolute Gasteiger partial charge is 0.368 e. The molecule has 0 spiro atoms. The lowest BCUT2D eigenvalue weighted by atomic mass is 10.5. The van der Waals surface area contributed by atoms with Crippen molar-refractivity contribution in [2.45, 2.75) is 0 Å². The van der Waals surface area contributed by atoms with Gasteiger partial charge in [-0.1, -0.05) is 12.2 Å². The zero-order chi connectivity index (χ0) is 6.95. The molecule has 0 atom stereocenters. The standard InChI is InChI=1S/C6H7N.CHN/c1-2-4-6-7-5-3-1;1-2/h1-7H;1H. The van der Waals surface area contributed by atoms with Crippen molar-refractivity contribution < 1.29 is 0 Å². The zero-order valence-electron chi connectivity index (χ0n) is 4.99. The molecule has 0 fully saturated rings. The first-order chi connectivity index (χ1) is 4.50. The highest BCUT2D eigenvalue weighted by molar-refractivity contribution is 5.14. The summed E-state index contributed by atoms with van der Waals surface area (Å²) in [6, 6.07) is 0. The van der Waals surface area contributed by atoms with Crippen LogP contribution < -0.4 is 5.32 Å². The Morgan fingerprint density at radius 3 is 1.78 bits per heavy atom. The van der Waals surface area contributed by atoms with Crippen LogP contribution in [0.15, 0.2) is 36.7 Å². The van der Waals surface area contributed by atoms with Crippen molar-refractivity contribution in [3.05, 3.63) is 36.7 Å². The molecule has 0 unspecified atom stereocenters. The highest BCUT2D eigenvalue weighted by Crippen LogP contribution is 1.81. The van der Waals surface area contributed by atoms with Crippen LogP contribution in [-0.4, -0.2) is 0 Å². The maximum atomic E-state index is 6.50. The minimum Gasteiger partial charge on any atom is -0.368 e. The Bertz CT molecular complexity index is 138. The lowest BCUT2D eigenvalue weighted by Gasteiger charge is -1.79. The number of nitrogens with one attached hydrogen (secondary N) is 1. The average Bonchev–Trinajstić information content (AvgIpc) is 2.21. The molecule has 1 rings (SSSR count). The summed E-state index contributed by atoms with van der Waals surface area (Å²) in [6.45, 7) is 3.50. The summed E-state index contributed by atoms with van der Waals surface area (Å²) >= 11 is 0. The van der Waals surface area contributed by atoms with E-state index >= 15 is 0 Å². The fraction of sp³-hybridized carbons (Fsp3) is 0. The number of rotatable bonds is 0. The Labute approximate surface area is 54.8 Å². The molecule has 0 aromatic rings. The van der Waals surface area contributed by atoms with Gasteiger partial charge in [0.2, 0.25) is 0 Å². The molecule has 1 N–H and O–H groups in total. The Balaban J connectivity index is 0.000000291. The van der Waals surface area contributed by atoms with Crippen LogP contribution in [0.3, 0.4) is 0 Å². The highest BCUT2D eigenvalue weighted by atomic mass is 14.8. The fourth-order valence-corrected chi connectivity index (χ4v) is 0.406. The van der Waals surface area contributed by atoms with Crippen LogP contribution in [0.5, 0.6) is 0 Å². The van der Waals surface area contributed by atoms with Crippen LogP contribution in [0.2, 0.25) is 0 Å². The van der Waals surface area contributed by atoms with Gasteiger partial charge in [-0.15, -0.1) is 0 Å². The van der Waals surface area contributed by atoms with Crippen molar-refractivity contribution in [2.24, 2.45) is 0 Å². The average molecular weight is 120 g/mol. The van der Waals surface area contributed by atoms with E-state index in [1.165, 1.54) is 0 Å². The predicted molar refractivity (Wildman–Crippen MR) is 37.2 cm³/mol. The Morgan fingerprint density at radius 2 is 1.33 bits per heavy atom. The van der Waals surface area contributed by atoms with Gasteiger partial charge in [-0.25, -0.2) is 5.26 Å². The molecule has 46 valence electrons. The van der Waals surface area contributed by atoms with E-state index in [1.54, 1.807) is 0 Å². The minimum atomic E-state index is 1.88. The fourth-order valence-electron chi connectivity index (χ4n) is 0.406. The molecule has 0 aromatic heterocycles. The first kappa shape index (κ1) is 7.51. The van der Waals surface area contributed by atoms with Crippen molar-refractivity contribution >= 4 is 0 Å². The van der Waals surface area contributed by atoms with Crippen LogP contribution in [0.4, 0.5) is 0 Å². The summed E-state index contributed by atoms with van der Waals surface area (Å²) in [7, 11) is 0. The van der Waals surface area contributed by atoms with E-state index in [9.17, 15) is 0 Å². The Morgan fingerprint density at radius 1 is 0.889 bits per heavy atom. The van der Waals surface area contributed by atoms with Crippen molar-refractivity contribution in [3.63, 3.8) is 0 Å². The van der Waals surface area contributed by atoms with Crippen LogP contribution in [0.25, 0.3) is 0 Å². The van der Waals surface area contributed by atoms with Crippen molar-refractivity contribution in [1.82, 2.24) is 5.32 Å². The molecule has 0 aliphatic carbocycles. The third-order valence-electron chi connectivity index (χ3n) is 0.718.